The largest absolute Gasteiger partial charge is 0.465 e. The standard InChI is InChI=1S/C14H22N4O2/c1-10-9-17(2)5-4-6-18(10)13-7-11(14(19)20-3)12(15)8-16-13/h7-8,10H,4-6,9,15H2,1-3H3. The lowest BCUT2D eigenvalue weighted by atomic mass is 10.2. The zero-order valence-electron chi connectivity index (χ0n) is 12.3. The van der Waals surface area contributed by atoms with Gasteiger partial charge in [-0.2, -0.15) is 0 Å². The molecule has 2 rings (SSSR count). The van der Waals surface area contributed by atoms with Crippen molar-refractivity contribution >= 4 is 17.5 Å². The molecular weight excluding hydrogens is 256 g/mol. The summed E-state index contributed by atoms with van der Waals surface area (Å²) in [4.78, 5) is 20.6. The number of likely N-dealkylation sites (N-methyl/N-ethyl adjacent to an activating group) is 1. The minimum atomic E-state index is -0.425. The Balaban J connectivity index is 2.30. The molecule has 0 radical (unpaired) electrons. The average molecular weight is 278 g/mol. The van der Waals surface area contributed by atoms with Crippen molar-refractivity contribution in [3.05, 3.63) is 17.8 Å². The summed E-state index contributed by atoms with van der Waals surface area (Å²) >= 11 is 0. The first kappa shape index (κ1) is 14.6. The molecule has 1 aromatic rings. The van der Waals surface area contributed by atoms with Crippen LogP contribution in [0.4, 0.5) is 11.5 Å². The molecule has 110 valence electrons. The quantitative estimate of drug-likeness (QED) is 0.813. The predicted molar refractivity (Wildman–Crippen MR) is 78.9 cm³/mol. The molecule has 2 heterocycles. The van der Waals surface area contributed by atoms with Crippen LogP contribution >= 0.6 is 0 Å². The Morgan fingerprint density at radius 2 is 2.25 bits per heavy atom. The Kier molecular flexibility index (Phi) is 4.44. The van der Waals surface area contributed by atoms with Crippen molar-refractivity contribution in [1.29, 1.82) is 0 Å². The molecule has 0 bridgehead atoms. The van der Waals surface area contributed by atoms with E-state index in [0.717, 1.165) is 31.9 Å². The van der Waals surface area contributed by atoms with Gasteiger partial charge in [-0.05, 0) is 33.0 Å². The summed E-state index contributed by atoms with van der Waals surface area (Å²) < 4.78 is 4.75. The van der Waals surface area contributed by atoms with Gasteiger partial charge in [-0.15, -0.1) is 0 Å². The maximum Gasteiger partial charge on any atom is 0.340 e. The smallest absolute Gasteiger partial charge is 0.340 e. The van der Waals surface area contributed by atoms with E-state index in [1.165, 1.54) is 13.3 Å². The van der Waals surface area contributed by atoms with Crippen molar-refractivity contribution in [2.75, 3.05) is 44.4 Å². The number of aromatic nitrogens is 1. The van der Waals surface area contributed by atoms with Gasteiger partial charge in [0.25, 0.3) is 0 Å². The lowest BCUT2D eigenvalue weighted by Crippen LogP contribution is -2.38. The summed E-state index contributed by atoms with van der Waals surface area (Å²) in [5.74, 6) is 0.355. The van der Waals surface area contributed by atoms with Gasteiger partial charge in [-0.3, -0.25) is 0 Å². The van der Waals surface area contributed by atoms with E-state index in [2.05, 4.69) is 28.8 Å². The molecule has 1 fully saturated rings. The van der Waals surface area contributed by atoms with Gasteiger partial charge < -0.3 is 20.3 Å². The number of anilines is 2. The third-order valence-electron chi connectivity index (χ3n) is 3.67. The van der Waals surface area contributed by atoms with Crippen molar-refractivity contribution in [3.63, 3.8) is 0 Å². The minimum absolute atomic E-state index is 0.337. The van der Waals surface area contributed by atoms with Gasteiger partial charge in [-0.1, -0.05) is 0 Å². The van der Waals surface area contributed by atoms with Crippen molar-refractivity contribution in [1.82, 2.24) is 9.88 Å². The van der Waals surface area contributed by atoms with E-state index in [1.54, 1.807) is 6.07 Å². The molecule has 0 aliphatic carbocycles. The molecule has 1 aliphatic heterocycles. The fraction of sp³-hybridized carbons (Fsp3) is 0.571. The van der Waals surface area contributed by atoms with E-state index in [0.29, 0.717) is 17.3 Å². The maximum atomic E-state index is 11.7. The molecule has 20 heavy (non-hydrogen) atoms. The number of nitrogens with two attached hydrogens (primary N) is 1. The van der Waals surface area contributed by atoms with E-state index in [4.69, 9.17) is 10.5 Å². The van der Waals surface area contributed by atoms with Crippen molar-refractivity contribution in [3.8, 4) is 0 Å². The molecule has 2 N–H and O–H groups in total. The van der Waals surface area contributed by atoms with E-state index < -0.39 is 5.97 Å². The molecule has 0 amide bonds. The lowest BCUT2D eigenvalue weighted by molar-refractivity contribution is 0.0602. The Morgan fingerprint density at radius 1 is 1.50 bits per heavy atom. The van der Waals surface area contributed by atoms with Gasteiger partial charge in [0.1, 0.15) is 5.82 Å². The van der Waals surface area contributed by atoms with Gasteiger partial charge in [0.05, 0.1) is 24.6 Å². The highest BCUT2D eigenvalue weighted by Gasteiger charge is 2.22. The van der Waals surface area contributed by atoms with Crippen LogP contribution in [0.1, 0.15) is 23.7 Å². The number of carbonyl (C=O) groups is 1. The summed E-state index contributed by atoms with van der Waals surface area (Å²) in [6.45, 7) is 5.12. The topological polar surface area (TPSA) is 71.7 Å². The molecule has 1 atom stereocenters. The summed E-state index contributed by atoms with van der Waals surface area (Å²) in [5.41, 5.74) is 6.52. The second kappa shape index (κ2) is 6.09. The Labute approximate surface area is 119 Å². The minimum Gasteiger partial charge on any atom is -0.465 e. The number of rotatable bonds is 2. The third-order valence-corrected chi connectivity index (χ3v) is 3.67. The number of hydrogen-bond acceptors (Lipinski definition) is 6. The van der Waals surface area contributed by atoms with Crippen molar-refractivity contribution in [2.45, 2.75) is 19.4 Å². The molecule has 0 aromatic carbocycles. The SMILES string of the molecule is COC(=O)c1cc(N2CCCN(C)CC2C)ncc1N. The van der Waals surface area contributed by atoms with Crippen molar-refractivity contribution < 1.29 is 9.53 Å². The summed E-state index contributed by atoms with van der Waals surface area (Å²) in [6, 6.07) is 2.06. The molecule has 1 saturated heterocycles. The second-order valence-electron chi connectivity index (χ2n) is 5.28. The molecule has 1 aliphatic rings. The Bertz CT molecular complexity index is 492. The normalized spacial score (nSPS) is 20.6. The molecule has 6 heteroatoms. The number of hydrogen-bond donors (Lipinski definition) is 1. The van der Waals surface area contributed by atoms with Gasteiger partial charge >= 0.3 is 5.97 Å². The van der Waals surface area contributed by atoms with E-state index in [-0.39, 0.29) is 0 Å². The van der Waals surface area contributed by atoms with E-state index in [1.807, 2.05) is 0 Å². The van der Waals surface area contributed by atoms with Crippen LogP contribution in [0.5, 0.6) is 0 Å². The Hall–Kier alpha value is -1.82. The van der Waals surface area contributed by atoms with Gasteiger partial charge in [-0.25, -0.2) is 9.78 Å². The van der Waals surface area contributed by atoms with Crippen LogP contribution in [-0.4, -0.2) is 55.7 Å². The average Bonchev–Trinajstić information content (AvgIpc) is 2.59. The number of nitrogens with zero attached hydrogens (tertiary/aromatic N) is 3. The number of nitrogen functional groups attached to an aromatic ring is 1. The second-order valence-corrected chi connectivity index (χ2v) is 5.28. The molecular formula is C14H22N4O2. The van der Waals surface area contributed by atoms with E-state index >= 15 is 0 Å². The molecule has 0 spiro atoms. The third kappa shape index (κ3) is 3.01. The lowest BCUT2D eigenvalue weighted by Gasteiger charge is -2.29. The van der Waals surface area contributed by atoms with Crippen LogP contribution in [0.25, 0.3) is 0 Å². The first-order valence-corrected chi connectivity index (χ1v) is 6.82. The number of methoxy groups -OCH3 is 1. The molecule has 1 unspecified atom stereocenters. The zero-order chi connectivity index (χ0) is 14.7. The summed E-state index contributed by atoms with van der Waals surface area (Å²) in [6.07, 6.45) is 2.60. The highest BCUT2D eigenvalue weighted by atomic mass is 16.5. The zero-order valence-corrected chi connectivity index (χ0v) is 12.3. The summed E-state index contributed by atoms with van der Waals surface area (Å²) in [5, 5.41) is 0. The van der Waals surface area contributed by atoms with Crippen LogP contribution in [0.3, 0.4) is 0 Å². The fourth-order valence-corrected chi connectivity index (χ4v) is 2.61. The van der Waals surface area contributed by atoms with Crippen LogP contribution in [0, 0.1) is 0 Å². The predicted octanol–water partition coefficient (Wildman–Crippen LogP) is 0.981. The molecule has 0 saturated carbocycles. The summed E-state index contributed by atoms with van der Waals surface area (Å²) in [7, 11) is 3.47. The van der Waals surface area contributed by atoms with E-state index in [9.17, 15) is 4.79 Å². The van der Waals surface area contributed by atoms with Gasteiger partial charge in [0.2, 0.25) is 0 Å². The molecule has 1 aromatic heterocycles. The molecule has 6 nitrogen and oxygen atoms in total. The monoisotopic (exact) mass is 278 g/mol. The van der Waals surface area contributed by atoms with Gasteiger partial charge in [0.15, 0.2) is 0 Å². The van der Waals surface area contributed by atoms with Gasteiger partial charge in [0, 0.05) is 19.1 Å². The highest BCUT2D eigenvalue weighted by molar-refractivity contribution is 5.95. The number of pyridine rings is 1. The number of esters is 1. The van der Waals surface area contributed by atoms with Crippen molar-refractivity contribution in [2.24, 2.45) is 0 Å². The van der Waals surface area contributed by atoms with Crippen LogP contribution in [0.2, 0.25) is 0 Å². The Morgan fingerprint density at radius 3 is 2.95 bits per heavy atom. The maximum absolute atomic E-state index is 11.7. The number of carbonyl (C=O) groups excluding carboxylic acids is 1. The van der Waals surface area contributed by atoms with Crippen LogP contribution in [-0.2, 0) is 4.74 Å². The van der Waals surface area contributed by atoms with Crippen LogP contribution in [0.15, 0.2) is 12.3 Å². The fourth-order valence-electron chi connectivity index (χ4n) is 2.61. The first-order chi connectivity index (χ1) is 9.52. The first-order valence-electron chi connectivity index (χ1n) is 6.82. The highest BCUT2D eigenvalue weighted by Crippen LogP contribution is 2.22. The number of ether oxygens (including phenoxy) is 1. The van der Waals surface area contributed by atoms with Crippen LogP contribution < -0.4 is 10.6 Å².